The maximum Gasteiger partial charge on any atom is 0.240 e. The lowest BCUT2D eigenvalue weighted by molar-refractivity contribution is 0.301. The second kappa shape index (κ2) is 6.37. The molecule has 1 saturated carbocycles. The molecule has 2 atom stereocenters. The number of nitrogens with one attached hydrogen (secondary N) is 1. The average molecular weight is 346 g/mol. The SMILES string of the molecule is CCC1CCCC(NS(=O)(=O)c2ccc(Br)cc2)C1. The first-order valence-corrected chi connectivity index (χ1v) is 9.07. The summed E-state index contributed by atoms with van der Waals surface area (Å²) in [5.41, 5.74) is 0. The summed E-state index contributed by atoms with van der Waals surface area (Å²) in [6, 6.07) is 6.86. The largest absolute Gasteiger partial charge is 0.240 e. The third kappa shape index (κ3) is 4.04. The summed E-state index contributed by atoms with van der Waals surface area (Å²) in [6.07, 6.45) is 5.40. The van der Waals surface area contributed by atoms with E-state index in [-0.39, 0.29) is 6.04 Å². The average Bonchev–Trinajstić information content (AvgIpc) is 2.39. The van der Waals surface area contributed by atoms with Gasteiger partial charge >= 0.3 is 0 Å². The van der Waals surface area contributed by atoms with E-state index in [4.69, 9.17) is 0 Å². The monoisotopic (exact) mass is 345 g/mol. The lowest BCUT2D eigenvalue weighted by Crippen LogP contribution is -2.38. The molecule has 0 bridgehead atoms. The summed E-state index contributed by atoms with van der Waals surface area (Å²) in [6.45, 7) is 2.18. The van der Waals surface area contributed by atoms with Gasteiger partial charge in [0.25, 0.3) is 0 Å². The van der Waals surface area contributed by atoms with Crippen molar-refractivity contribution in [3.63, 3.8) is 0 Å². The highest BCUT2D eigenvalue weighted by atomic mass is 79.9. The molecule has 1 aliphatic carbocycles. The van der Waals surface area contributed by atoms with Gasteiger partial charge < -0.3 is 0 Å². The zero-order valence-corrected chi connectivity index (χ0v) is 13.5. The van der Waals surface area contributed by atoms with E-state index in [1.54, 1.807) is 24.3 Å². The van der Waals surface area contributed by atoms with Crippen LogP contribution in [0.1, 0.15) is 39.0 Å². The van der Waals surface area contributed by atoms with Crippen molar-refractivity contribution in [1.29, 1.82) is 0 Å². The van der Waals surface area contributed by atoms with Crippen LogP contribution in [0, 0.1) is 5.92 Å². The molecular formula is C14H20BrNO2S. The Kier molecular flexibility index (Phi) is 5.03. The molecule has 106 valence electrons. The molecule has 0 spiro atoms. The summed E-state index contributed by atoms with van der Waals surface area (Å²) in [7, 11) is -3.38. The Balaban J connectivity index is 2.06. The van der Waals surface area contributed by atoms with E-state index in [1.807, 2.05) is 0 Å². The summed E-state index contributed by atoms with van der Waals surface area (Å²) < 4.78 is 28.3. The van der Waals surface area contributed by atoms with Crippen LogP contribution in [0.2, 0.25) is 0 Å². The second-order valence-corrected chi connectivity index (χ2v) is 7.84. The van der Waals surface area contributed by atoms with E-state index in [9.17, 15) is 8.42 Å². The molecule has 0 heterocycles. The molecule has 1 aromatic carbocycles. The highest BCUT2D eigenvalue weighted by Gasteiger charge is 2.25. The van der Waals surface area contributed by atoms with Gasteiger partial charge in [0.1, 0.15) is 0 Å². The predicted octanol–water partition coefficient (Wildman–Crippen LogP) is 3.70. The Morgan fingerprint density at radius 2 is 1.95 bits per heavy atom. The first-order chi connectivity index (χ1) is 9.01. The van der Waals surface area contributed by atoms with Crippen LogP contribution < -0.4 is 4.72 Å². The van der Waals surface area contributed by atoms with Crippen LogP contribution in [0.4, 0.5) is 0 Å². The van der Waals surface area contributed by atoms with Crippen molar-refractivity contribution in [1.82, 2.24) is 4.72 Å². The van der Waals surface area contributed by atoms with Gasteiger partial charge in [0.05, 0.1) is 4.90 Å². The maximum atomic E-state index is 12.3. The number of halogens is 1. The smallest absolute Gasteiger partial charge is 0.208 e. The summed E-state index contributed by atoms with van der Waals surface area (Å²) in [5, 5.41) is 0. The van der Waals surface area contributed by atoms with E-state index in [2.05, 4.69) is 27.6 Å². The van der Waals surface area contributed by atoms with E-state index >= 15 is 0 Å². The van der Waals surface area contributed by atoms with Gasteiger partial charge in [-0.1, -0.05) is 42.1 Å². The van der Waals surface area contributed by atoms with E-state index in [1.165, 1.54) is 6.42 Å². The quantitative estimate of drug-likeness (QED) is 0.904. The van der Waals surface area contributed by atoms with Crippen molar-refractivity contribution in [2.24, 2.45) is 5.92 Å². The van der Waals surface area contributed by atoms with Gasteiger partial charge in [0.2, 0.25) is 10.0 Å². The number of hydrogen-bond acceptors (Lipinski definition) is 2. The lowest BCUT2D eigenvalue weighted by atomic mass is 9.85. The molecule has 5 heteroatoms. The first kappa shape index (κ1) is 15.0. The third-order valence-corrected chi connectivity index (χ3v) is 5.87. The molecule has 0 aromatic heterocycles. The van der Waals surface area contributed by atoms with Gasteiger partial charge in [-0.15, -0.1) is 0 Å². The van der Waals surface area contributed by atoms with E-state index < -0.39 is 10.0 Å². The van der Waals surface area contributed by atoms with Gasteiger partial charge in [0.15, 0.2) is 0 Å². The predicted molar refractivity (Wildman–Crippen MR) is 80.5 cm³/mol. The van der Waals surface area contributed by atoms with Crippen LogP contribution in [-0.4, -0.2) is 14.5 Å². The fourth-order valence-electron chi connectivity index (χ4n) is 2.67. The molecule has 1 aliphatic rings. The van der Waals surface area contributed by atoms with Crippen LogP contribution in [0.25, 0.3) is 0 Å². The Bertz CT molecular complexity index is 513. The lowest BCUT2D eigenvalue weighted by Gasteiger charge is -2.28. The van der Waals surface area contributed by atoms with Gasteiger partial charge in [0, 0.05) is 10.5 Å². The van der Waals surface area contributed by atoms with Crippen molar-refractivity contribution >= 4 is 26.0 Å². The van der Waals surface area contributed by atoms with Crippen molar-refractivity contribution in [2.75, 3.05) is 0 Å². The van der Waals surface area contributed by atoms with Crippen molar-refractivity contribution in [3.8, 4) is 0 Å². The molecular weight excluding hydrogens is 326 g/mol. The van der Waals surface area contributed by atoms with E-state index in [0.29, 0.717) is 10.8 Å². The van der Waals surface area contributed by atoms with Crippen molar-refractivity contribution < 1.29 is 8.42 Å². The molecule has 0 aliphatic heterocycles. The third-order valence-electron chi connectivity index (χ3n) is 3.81. The summed E-state index contributed by atoms with van der Waals surface area (Å²) in [5.74, 6) is 0.659. The van der Waals surface area contributed by atoms with E-state index in [0.717, 1.165) is 30.2 Å². The number of sulfonamides is 1. The molecule has 0 saturated heterocycles. The molecule has 2 rings (SSSR count). The molecule has 0 radical (unpaired) electrons. The highest BCUT2D eigenvalue weighted by molar-refractivity contribution is 9.10. The zero-order chi connectivity index (χ0) is 13.9. The highest BCUT2D eigenvalue weighted by Crippen LogP contribution is 2.27. The standard InChI is InChI=1S/C14H20BrNO2S/c1-2-11-4-3-5-13(10-11)16-19(17,18)14-8-6-12(15)7-9-14/h6-9,11,13,16H,2-5,10H2,1H3. The minimum Gasteiger partial charge on any atom is -0.208 e. The minimum absolute atomic E-state index is 0.0901. The molecule has 1 fully saturated rings. The fraction of sp³-hybridized carbons (Fsp3) is 0.571. The van der Waals surface area contributed by atoms with Gasteiger partial charge in [-0.25, -0.2) is 13.1 Å². The number of hydrogen-bond donors (Lipinski definition) is 1. The first-order valence-electron chi connectivity index (χ1n) is 6.79. The van der Waals surface area contributed by atoms with Gasteiger partial charge in [-0.2, -0.15) is 0 Å². The number of benzene rings is 1. The number of rotatable bonds is 4. The Morgan fingerprint density at radius 1 is 1.26 bits per heavy atom. The maximum absolute atomic E-state index is 12.3. The molecule has 3 nitrogen and oxygen atoms in total. The Hall–Kier alpha value is -0.390. The van der Waals surface area contributed by atoms with Crippen LogP contribution in [0.15, 0.2) is 33.6 Å². The van der Waals surface area contributed by atoms with Crippen LogP contribution in [0.3, 0.4) is 0 Å². The molecule has 19 heavy (non-hydrogen) atoms. The minimum atomic E-state index is -3.38. The Morgan fingerprint density at radius 3 is 2.58 bits per heavy atom. The summed E-state index contributed by atoms with van der Waals surface area (Å²) in [4.78, 5) is 0.342. The zero-order valence-electron chi connectivity index (χ0n) is 11.1. The normalized spacial score (nSPS) is 24.3. The molecule has 1 N–H and O–H groups in total. The molecule has 0 amide bonds. The van der Waals surface area contributed by atoms with Crippen LogP contribution >= 0.6 is 15.9 Å². The van der Waals surface area contributed by atoms with Crippen molar-refractivity contribution in [2.45, 2.75) is 50.0 Å². The topological polar surface area (TPSA) is 46.2 Å². The second-order valence-electron chi connectivity index (χ2n) is 5.21. The fourth-order valence-corrected chi connectivity index (χ4v) is 4.22. The summed E-state index contributed by atoms with van der Waals surface area (Å²) >= 11 is 3.31. The van der Waals surface area contributed by atoms with Gasteiger partial charge in [-0.05, 0) is 43.0 Å². The van der Waals surface area contributed by atoms with Crippen LogP contribution in [0.5, 0.6) is 0 Å². The van der Waals surface area contributed by atoms with Crippen molar-refractivity contribution in [3.05, 3.63) is 28.7 Å². The van der Waals surface area contributed by atoms with Gasteiger partial charge in [-0.3, -0.25) is 0 Å². The Labute approximate surface area is 124 Å². The molecule has 1 aromatic rings. The molecule has 2 unspecified atom stereocenters. The van der Waals surface area contributed by atoms with Crippen LogP contribution in [-0.2, 0) is 10.0 Å².